The summed E-state index contributed by atoms with van der Waals surface area (Å²) in [6, 6.07) is 14.0. The van der Waals surface area contributed by atoms with Gasteiger partial charge in [-0.15, -0.1) is 0 Å². The van der Waals surface area contributed by atoms with Crippen molar-refractivity contribution in [3.8, 4) is 0 Å². The molecule has 2 heterocycles. The maximum absolute atomic E-state index is 13.0. The summed E-state index contributed by atoms with van der Waals surface area (Å²) in [5.74, 6) is -0.359. The van der Waals surface area contributed by atoms with Crippen molar-refractivity contribution < 1.29 is 14.3 Å². The summed E-state index contributed by atoms with van der Waals surface area (Å²) in [6.45, 7) is 3.28. The number of rotatable bonds is 9. The largest absolute Gasteiger partial charge is 0.462 e. The number of pyridine rings is 2. The number of hydrogen-bond acceptors (Lipinski definition) is 5. The molecule has 7 heteroatoms. The summed E-state index contributed by atoms with van der Waals surface area (Å²) in [5.41, 5.74) is 2.95. The van der Waals surface area contributed by atoms with E-state index in [-0.39, 0.29) is 12.0 Å². The lowest BCUT2D eigenvalue weighted by atomic mass is 10.2. The number of carbonyl (C=O) groups is 2. The van der Waals surface area contributed by atoms with Gasteiger partial charge in [-0.25, -0.2) is 9.59 Å². The molecule has 0 aliphatic carbocycles. The molecule has 160 valence electrons. The molecule has 3 aromatic rings. The Morgan fingerprint density at radius 3 is 2.35 bits per heavy atom. The molecule has 1 N–H and O–H groups in total. The highest BCUT2D eigenvalue weighted by molar-refractivity contribution is 5.92. The number of esters is 1. The van der Waals surface area contributed by atoms with E-state index in [1.165, 1.54) is 0 Å². The van der Waals surface area contributed by atoms with Gasteiger partial charge in [-0.05, 0) is 60.0 Å². The maximum atomic E-state index is 13.0. The summed E-state index contributed by atoms with van der Waals surface area (Å²) in [4.78, 5) is 34.9. The minimum atomic E-state index is -0.359. The molecule has 0 unspecified atom stereocenters. The normalized spacial score (nSPS) is 10.4. The van der Waals surface area contributed by atoms with Crippen molar-refractivity contribution in [2.45, 2.75) is 32.9 Å². The van der Waals surface area contributed by atoms with Gasteiger partial charge in [-0.3, -0.25) is 9.97 Å². The van der Waals surface area contributed by atoms with Gasteiger partial charge in [0, 0.05) is 43.6 Å². The minimum absolute atomic E-state index is 0.251. The predicted molar refractivity (Wildman–Crippen MR) is 118 cm³/mol. The fourth-order valence-electron chi connectivity index (χ4n) is 2.90. The smallest absolute Gasteiger partial charge is 0.338 e. The molecule has 0 atom stereocenters. The van der Waals surface area contributed by atoms with Crippen LogP contribution in [0.15, 0.2) is 73.3 Å². The molecule has 0 saturated carbocycles. The first-order chi connectivity index (χ1) is 15.2. The summed E-state index contributed by atoms with van der Waals surface area (Å²) >= 11 is 0. The first kappa shape index (κ1) is 22.0. The number of anilines is 1. The molecule has 0 aliphatic rings. The van der Waals surface area contributed by atoms with Gasteiger partial charge in [-0.2, -0.15) is 0 Å². The predicted octanol–water partition coefficient (Wildman–Crippen LogP) is 4.67. The summed E-state index contributed by atoms with van der Waals surface area (Å²) in [5, 5.41) is 2.90. The van der Waals surface area contributed by atoms with E-state index in [4.69, 9.17) is 4.74 Å². The van der Waals surface area contributed by atoms with E-state index in [0.717, 1.165) is 24.0 Å². The summed E-state index contributed by atoms with van der Waals surface area (Å²) in [7, 11) is 0. The third kappa shape index (κ3) is 6.92. The van der Waals surface area contributed by atoms with E-state index in [1.54, 1.807) is 54.0 Å². The fourth-order valence-corrected chi connectivity index (χ4v) is 2.90. The second kappa shape index (κ2) is 11.4. The Morgan fingerprint density at radius 2 is 1.68 bits per heavy atom. The van der Waals surface area contributed by atoms with Crippen LogP contribution in [0.1, 0.15) is 41.3 Å². The molecule has 2 aromatic heterocycles. The van der Waals surface area contributed by atoms with Crippen molar-refractivity contribution in [2.75, 3.05) is 11.9 Å². The second-order valence-corrected chi connectivity index (χ2v) is 7.07. The Labute approximate surface area is 182 Å². The van der Waals surface area contributed by atoms with Crippen LogP contribution in [-0.2, 0) is 17.8 Å². The molecule has 7 nitrogen and oxygen atoms in total. The number of urea groups is 1. The Hall–Kier alpha value is -3.74. The highest BCUT2D eigenvalue weighted by Crippen LogP contribution is 2.15. The molecule has 1 aromatic carbocycles. The topological polar surface area (TPSA) is 84.4 Å². The Bertz CT molecular complexity index is 922. The van der Waals surface area contributed by atoms with E-state index >= 15 is 0 Å². The summed E-state index contributed by atoms with van der Waals surface area (Å²) in [6.07, 6.45) is 8.65. The second-order valence-electron chi connectivity index (χ2n) is 7.07. The van der Waals surface area contributed by atoms with Gasteiger partial charge in [0.05, 0.1) is 12.2 Å². The lowest BCUT2D eigenvalue weighted by molar-refractivity contribution is 0.0500. The average Bonchev–Trinajstić information content (AvgIpc) is 2.80. The number of unbranched alkanes of at least 4 members (excludes halogenated alkanes) is 1. The number of ether oxygens (including phenoxy) is 1. The van der Waals surface area contributed by atoms with E-state index in [9.17, 15) is 9.59 Å². The van der Waals surface area contributed by atoms with Crippen LogP contribution in [0.2, 0.25) is 0 Å². The Morgan fingerprint density at radius 1 is 0.935 bits per heavy atom. The highest BCUT2D eigenvalue weighted by Gasteiger charge is 2.16. The number of carbonyl (C=O) groups excluding carboxylic acids is 2. The van der Waals surface area contributed by atoms with Crippen LogP contribution in [0.4, 0.5) is 10.5 Å². The van der Waals surface area contributed by atoms with E-state index < -0.39 is 0 Å². The first-order valence-electron chi connectivity index (χ1n) is 10.3. The first-order valence-corrected chi connectivity index (χ1v) is 10.3. The minimum Gasteiger partial charge on any atom is -0.462 e. The molecule has 0 fully saturated rings. The Balaban J connectivity index is 1.67. The zero-order chi connectivity index (χ0) is 21.9. The van der Waals surface area contributed by atoms with E-state index in [2.05, 4.69) is 15.3 Å². The van der Waals surface area contributed by atoms with Gasteiger partial charge >= 0.3 is 12.0 Å². The van der Waals surface area contributed by atoms with Crippen molar-refractivity contribution in [3.63, 3.8) is 0 Å². The van der Waals surface area contributed by atoms with Crippen molar-refractivity contribution in [1.82, 2.24) is 14.9 Å². The van der Waals surface area contributed by atoms with Crippen LogP contribution >= 0.6 is 0 Å². The lowest BCUT2D eigenvalue weighted by Gasteiger charge is -2.23. The SMILES string of the molecule is CCCCOC(=O)c1ccc(NC(=O)N(Cc2ccncc2)Cc2cccnc2)cc1. The van der Waals surface area contributed by atoms with Crippen LogP contribution in [0.25, 0.3) is 0 Å². The van der Waals surface area contributed by atoms with Crippen LogP contribution in [0.3, 0.4) is 0 Å². The van der Waals surface area contributed by atoms with Crippen LogP contribution in [0.5, 0.6) is 0 Å². The van der Waals surface area contributed by atoms with E-state index in [1.807, 2.05) is 31.2 Å². The fraction of sp³-hybridized carbons (Fsp3) is 0.250. The molecule has 0 spiro atoms. The monoisotopic (exact) mass is 418 g/mol. The molecule has 31 heavy (non-hydrogen) atoms. The number of amides is 2. The van der Waals surface area contributed by atoms with Crippen molar-refractivity contribution in [3.05, 3.63) is 90.0 Å². The van der Waals surface area contributed by atoms with Gasteiger partial charge in [0.15, 0.2) is 0 Å². The molecule has 2 amide bonds. The van der Waals surface area contributed by atoms with Gasteiger partial charge in [0.2, 0.25) is 0 Å². The van der Waals surface area contributed by atoms with Gasteiger partial charge in [0.1, 0.15) is 0 Å². The van der Waals surface area contributed by atoms with Gasteiger partial charge in [-0.1, -0.05) is 19.4 Å². The van der Waals surface area contributed by atoms with Crippen LogP contribution in [0, 0.1) is 0 Å². The third-order valence-electron chi connectivity index (χ3n) is 4.61. The molecular formula is C24H26N4O3. The molecule has 0 saturated heterocycles. The maximum Gasteiger partial charge on any atom is 0.338 e. The van der Waals surface area contributed by atoms with Crippen LogP contribution < -0.4 is 5.32 Å². The number of benzene rings is 1. The number of aromatic nitrogens is 2. The number of nitrogens with one attached hydrogen (secondary N) is 1. The van der Waals surface area contributed by atoms with Crippen LogP contribution in [-0.4, -0.2) is 33.5 Å². The molecule has 0 radical (unpaired) electrons. The molecule has 0 bridgehead atoms. The Kier molecular flexibility index (Phi) is 8.11. The lowest BCUT2D eigenvalue weighted by Crippen LogP contribution is -2.34. The third-order valence-corrected chi connectivity index (χ3v) is 4.61. The molecule has 3 rings (SSSR count). The molecule has 0 aliphatic heterocycles. The van der Waals surface area contributed by atoms with E-state index in [0.29, 0.717) is 30.9 Å². The zero-order valence-electron chi connectivity index (χ0n) is 17.5. The number of hydrogen-bond donors (Lipinski definition) is 1. The number of nitrogens with zero attached hydrogens (tertiary/aromatic N) is 3. The van der Waals surface area contributed by atoms with Crippen molar-refractivity contribution >= 4 is 17.7 Å². The quantitative estimate of drug-likeness (QED) is 0.403. The highest BCUT2D eigenvalue weighted by atomic mass is 16.5. The van der Waals surface area contributed by atoms with Crippen molar-refractivity contribution in [2.24, 2.45) is 0 Å². The average molecular weight is 418 g/mol. The van der Waals surface area contributed by atoms with Gasteiger partial charge < -0.3 is 15.0 Å². The van der Waals surface area contributed by atoms with Crippen molar-refractivity contribution in [1.29, 1.82) is 0 Å². The molecular weight excluding hydrogens is 392 g/mol. The summed E-state index contributed by atoms with van der Waals surface area (Å²) < 4.78 is 5.21. The zero-order valence-corrected chi connectivity index (χ0v) is 17.5. The van der Waals surface area contributed by atoms with Gasteiger partial charge in [0.25, 0.3) is 0 Å². The standard InChI is InChI=1S/C24H26N4O3/c1-2-3-15-31-23(29)21-6-8-22(9-7-21)27-24(30)28(17-19-10-13-25-14-11-19)18-20-5-4-12-26-16-20/h4-14,16H,2-3,15,17-18H2,1H3,(H,27,30).